The lowest BCUT2D eigenvalue weighted by molar-refractivity contribution is 0.0683. The fourth-order valence-electron chi connectivity index (χ4n) is 3.77. The topological polar surface area (TPSA) is 79.2 Å². The Kier molecular flexibility index (Phi) is 15.7. The van der Waals surface area contributed by atoms with E-state index in [1.54, 1.807) is 0 Å². The van der Waals surface area contributed by atoms with Gasteiger partial charge in [0, 0.05) is 32.0 Å². The van der Waals surface area contributed by atoms with E-state index < -0.39 is 8.80 Å². The molecule has 0 aliphatic heterocycles. The Morgan fingerprint density at radius 2 is 1.11 bits per heavy atom. The minimum absolute atomic E-state index is 0.00731. The Balaban J connectivity index is 2.32. The van der Waals surface area contributed by atoms with Crippen molar-refractivity contribution in [1.29, 1.82) is 0 Å². The maximum absolute atomic E-state index is 10.4. The van der Waals surface area contributed by atoms with E-state index >= 15 is 0 Å². The second-order valence-electron chi connectivity index (χ2n) is 8.10. The molecule has 0 amide bonds. The molecule has 0 heterocycles. The molecule has 0 bridgehead atoms. The number of hydrogen-bond donors (Lipinski definition) is 3. The summed E-state index contributed by atoms with van der Waals surface area (Å²) in [4.78, 5) is 20.7. The van der Waals surface area contributed by atoms with E-state index in [0.717, 1.165) is 25.7 Å². The van der Waals surface area contributed by atoms with Gasteiger partial charge in [0.05, 0.1) is 0 Å². The van der Waals surface area contributed by atoms with Crippen molar-refractivity contribution in [2.24, 2.45) is 0 Å². The van der Waals surface area contributed by atoms with E-state index in [4.69, 9.17) is 14.3 Å². The zero-order valence-electron chi connectivity index (χ0n) is 17.4. The van der Waals surface area contributed by atoms with Crippen LogP contribution < -0.4 is 0 Å². The van der Waals surface area contributed by atoms with Crippen LogP contribution in [0.2, 0.25) is 6.04 Å². The molecule has 1 fully saturated rings. The molecule has 0 saturated heterocycles. The van der Waals surface area contributed by atoms with Crippen LogP contribution in [0.3, 0.4) is 0 Å². The molecule has 1 aliphatic rings. The average Bonchev–Trinajstić information content (AvgIpc) is 2.64. The van der Waals surface area contributed by atoms with Crippen LogP contribution in [0.5, 0.6) is 0 Å². The molecule has 0 spiro atoms. The summed E-state index contributed by atoms with van der Waals surface area (Å²) >= 11 is 0. The smallest absolute Gasteiger partial charge is 0.396 e. The lowest BCUT2D eigenvalue weighted by Crippen LogP contribution is -2.42. The Labute approximate surface area is 167 Å². The first-order chi connectivity index (χ1) is 13.1. The van der Waals surface area contributed by atoms with Crippen molar-refractivity contribution in [3.63, 3.8) is 0 Å². The highest BCUT2D eigenvalue weighted by Crippen LogP contribution is 2.21. The fourth-order valence-corrected chi connectivity index (χ4v) is 5.27. The summed E-state index contributed by atoms with van der Waals surface area (Å²) < 4.78 is 11.2. The number of rotatable bonds is 9. The van der Waals surface area contributed by atoms with Crippen LogP contribution in [0, 0.1) is 0 Å². The summed E-state index contributed by atoms with van der Waals surface area (Å²) in [6, 6.07) is 0.294. The molecule has 27 heavy (non-hydrogen) atoms. The summed E-state index contributed by atoms with van der Waals surface area (Å²) in [7, 11) is -3.61. The molecule has 6 heteroatoms. The van der Waals surface area contributed by atoms with Crippen molar-refractivity contribution >= 4 is 8.80 Å². The highest BCUT2D eigenvalue weighted by molar-refractivity contribution is 6.57. The minimum Gasteiger partial charge on any atom is -0.396 e. The van der Waals surface area contributed by atoms with E-state index in [0.29, 0.717) is 32.1 Å². The van der Waals surface area contributed by atoms with Gasteiger partial charge in [-0.3, -0.25) is 0 Å². The quantitative estimate of drug-likeness (QED) is 0.388. The molecule has 0 unspecified atom stereocenters. The highest BCUT2D eigenvalue weighted by atomic mass is 28.4. The third kappa shape index (κ3) is 15.6. The van der Waals surface area contributed by atoms with E-state index in [-0.39, 0.29) is 12.7 Å². The molecule has 5 nitrogen and oxygen atoms in total. The van der Waals surface area contributed by atoms with Crippen LogP contribution >= 0.6 is 0 Å². The maximum atomic E-state index is 10.4. The van der Waals surface area contributed by atoms with Crippen LogP contribution in [-0.2, 0) is 9.16 Å². The van der Waals surface area contributed by atoms with Gasteiger partial charge in [0.2, 0.25) is 0 Å². The summed E-state index contributed by atoms with van der Waals surface area (Å²) in [5.41, 5.74) is 0. The standard InChI is InChI=1S/C21H44O5Si/c22-17-13-18-25-19-14-20-27(23,24)26-21-15-11-9-7-5-3-1-2-4-6-8-10-12-16-21/h21-24H,1-20H2. The molecule has 162 valence electrons. The predicted molar refractivity (Wildman–Crippen MR) is 112 cm³/mol. The van der Waals surface area contributed by atoms with Crippen molar-refractivity contribution < 1.29 is 23.9 Å². The summed E-state index contributed by atoms with van der Waals surface area (Å²) in [6.45, 7) is 1.14. The van der Waals surface area contributed by atoms with Crippen LogP contribution in [0.1, 0.15) is 103 Å². The van der Waals surface area contributed by atoms with Crippen molar-refractivity contribution in [3.8, 4) is 0 Å². The van der Waals surface area contributed by atoms with Gasteiger partial charge < -0.3 is 23.9 Å². The molecule has 0 aromatic rings. The van der Waals surface area contributed by atoms with Crippen molar-refractivity contribution in [2.45, 2.75) is 115 Å². The molecule has 1 aliphatic carbocycles. The Bertz CT molecular complexity index is 312. The van der Waals surface area contributed by atoms with E-state index in [1.165, 1.54) is 64.2 Å². The van der Waals surface area contributed by atoms with Gasteiger partial charge in [-0.2, -0.15) is 0 Å². The van der Waals surface area contributed by atoms with Crippen molar-refractivity contribution in [3.05, 3.63) is 0 Å². The lowest BCUT2D eigenvalue weighted by Gasteiger charge is -2.25. The van der Waals surface area contributed by atoms with Gasteiger partial charge in [0.1, 0.15) is 0 Å². The second-order valence-corrected chi connectivity index (χ2v) is 10.3. The Morgan fingerprint density at radius 1 is 0.667 bits per heavy atom. The summed E-state index contributed by atoms with van der Waals surface area (Å²) in [6.07, 6.45) is 18.6. The van der Waals surface area contributed by atoms with Crippen LogP contribution in [0.15, 0.2) is 0 Å². The normalized spacial score (nSPS) is 20.1. The fraction of sp³-hybridized carbons (Fsp3) is 1.00. The SMILES string of the molecule is OCCCOCCC[Si](O)(O)OC1CCCCCCCCCCCCCC1. The average molecular weight is 405 g/mol. The monoisotopic (exact) mass is 404 g/mol. The Hall–Kier alpha value is 0.0169. The van der Waals surface area contributed by atoms with Crippen LogP contribution in [-0.4, -0.2) is 49.4 Å². The molecule has 0 aromatic heterocycles. The first-order valence-corrected chi connectivity index (χ1v) is 13.5. The van der Waals surface area contributed by atoms with Crippen LogP contribution in [0.4, 0.5) is 0 Å². The first kappa shape index (κ1) is 25.1. The lowest BCUT2D eigenvalue weighted by atomic mass is 10.0. The van der Waals surface area contributed by atoms with Gasteiger partial charge >= 0.3 is 8.80 Å². The van der Waals surface area contributed by atoms with Gasteiger partial charge in [0.15, 0.2) is 0 Å². The van der Waals surface area contributed by atoms with Gasteiger partial charge in [-0.1, -0.05) is 77.0 Å². The maximum Gasteiger partial charge on any atom is 0.495 e. The number of aliphatic hydroxyl groups excluding tert-OH is 1. The van der Waals surface area contributed by atoms with Gasteiger partial charge in [-0.15, -0.1) is 0 Å². The number of ether oxygens (including phenoxy) is 1. The zero-order chi connectivity index (χ0) is 19.6. The third-order valence-corrected chi connectivity index (χ3v) is 7.11. The summed E-state index contributed by atoms with van der Waals surface area (Å²) in [5, 5.41) is 8.72. The van der Waals surface area contributed by atoms with Gasteiger partial charge in [-0.05, 0) is 25.7 Å². The van der Waals surface area contributed by atoms with E-state index in [9.17, 15) is 9.59 Å². The minimum atomic E-state index is -3.61. The Morgan fingerprint density at radius 3 is 1.59 bits per heavy atom. The molecule has 3 N–H and O–H groups in total. The van der Waals surface area contributed by atoms with E-state index in [1.807, 2.05) is 0 Å². The largest absolute Gasteiger partial charge is 0.495 e. The molecule has 0 aromatic carbocycles. The molecular formula is C21H44O5Si. The molecule has 0 atom stereocenters. The second kappa shape index (κ2) is 16.9. The van der Waals surface area contributed by atoms with E-state index in [2.05, 4.69) is 0 Å². The van der Waals surface area contributed by atoms with Gasteiger partial charge in [-0.25, -0.2) is 0 Å². The number of aliphatic hydroxyl groups is 1. The van der Waals surface area contributed by atoms with Crippen LogP contribution in [0.25, 0.3) is 0 Å². The molecule has 1 rings (SSSR count). The van der Waals surface area contributed by atoms with Crippen molar-refractivity contribution in [2.75, 3.05) is 19.8 Å². The number of hydrogen-bond acceptors (Lipinski definition) is 5. The third-order valence-electron chi connectivity index (χ3n) is 5.40. The summed E-state index contributed by atoms with van der Waals surface area (Å²) in [5.74, 6) is 0. The van der Waals surface area contributed by atoms with Crippen molar-refractivity contribution in [1.82, 2.24) is 0 Å². The molecule has 0 radical (unpaired) electrons. The zero-order valence-corrected chi connectivity index (χ0v) is 18.4. The molecular weight excluding hydrogens is 360 g/mol. The highest BCUT2D eigenvalue weighted by Gasteiger charge is 2.34. The predicted octanol–water partition coefficient (Wildman–Crippen LogP) is 4.56. The first-order valence-electron chi connectivity index (χ1n) is 11.5. The molecule has 1 saturated carbocycles. The van der Waals surface area contributed by atoms with Gasteiger partial charge in [0.25, 0.3) is 0 Å².